The summed E-state index contributed by atoms with van der Waals surface area (Å²) in [5, 5.41) is 4.46. The number of benzene rings is 2. The zero-order chi connectivity index (χ0) is 17.1. The van der Waals surface area contributed by atoms with Crippen molar-refractivity contribution in [2.24, 2.45) is 0 Å². The van der Waals surface area contributed by atoms with Crippen molar-refractivity contribution in [1.29, 1.82) is 0 Å². The maximum atomic E-state index is 4.42. The predicted octanol–water partition coefficient (Wildman–Crippen LogP) is 4.59. The van der Waals surface area contributed by atoms with Crippen LogP contribution in [0.1, 0.15) is 11.1 Å². The Morgan fingerprint density at radius 2 is 1.76 bits per heavy atom. The SMILES string of the molecule is Cc1ccc(-c2cc3c(NCCc4ccccc4)ncnc3[nH]2)cc1. The minimum atomic E-state index is 0.834. The number of nitrogens with zero attached hydrogens (tertiary/aromatic N) is 2. The first kappa shape index (κ1) is 15.4. The lowest BCUT2D eigenvalue weighted by Crippen LogP contribution is -2.06. The van der Waals surface area contributed by atoms with Gasteiger partial charge in [-0.2, -0.15) is 0 Å². The molecule has 4 heteroatoms. The molecule has 0 aliphatic heterocycles. The van der Waals surface area contributed by atoms with Gasteiger partial charge in [0.1, 0.15) is 17.8 Å². The zero-order valence-electron chi connectivity index (χ0n) is 14.2. The molecule has 0 radical (unpaired) electrons. The van der Waals surface area contributed by atoms with Gasteiger partial charge in [-0.05, 0) is 30.5 Å². The molecule has 0 spiro atoms. The first-order valence-electron chi connectivity index (χ1n) is 8.48. The van der Waals surface area contributed by atoms with Crippen molar-refractivity contribution < 1.29 is 0 Å². The average molecular weight is 328 g/mol. The summed E-state index contributed by atoms with van der Waals surface area (Å²) in [6.45, 7) is 2.93. The molecule has 0 aliphatic rings. The summed E-state index contributed by atoms with van der Waals surface area (Å²) in [5.74, 6) is 0.871. The average Bonchev–Trinajstić information content (AvgIpc) is 3.08. The Labute approximate surface area is 147 Å². The number of hydrogen-bond donors (Lipinski definition) is 2. The van der Waals surface area contributed by atoms with Crippen LogP contribution in [-0.4, -0.2) is 21.5 Å². The van der Waals surface area contributed by atoms with Gasteiger partial charge >= 0.3 is 0 Å². The first-order valence-corrected chi connectivity index (χ1v) is 8.48. The molecule has 2 heterocycles. The highest BCUT2D eigenvalue weighted by molar-refractivity contribution is 5.91. The number of aromatic amines is 1. The summed E-state index contributed by atoms with van der Waals surface area (Å²) in [5.41, 5.74) is 5.63. The Bertz CT molecular complexity index is 972. The van der Waals surface area contributed by atoms with E-state index in [1.807, 2.05) is 6.07 Å². The highest BCUT2D eigenvalue weighted by atomic mass is 15.0. The van der Waals surface area contributed by atoms with E-state index in [2.05, 4.69) is 81.8 Å². The lowest BCUT2D eigenvalue weighted by Gasteiger charge is -2.06. The number of H-pyrrole nitrogens is 1. The van der Waals surface area contributed by atoms with Crippen LogP contribution in [0.15, 0.2) is 67.0 Å². The quantitative estimate of drug-likeness (QED) is 0.563. The summed E-state index contributed by atoms with van der Waals surface area (Å²) < 4.78 is 0. The normalized spacial score (nSPS) is 10.9. The Morgan fingerprint density at radius 1 is 0.960 bits per heavy atom. The van der Waals surface area contributed by atoms with Crippen LogP contribution in [0.2, 0.25) is 0 Å². The van der Waals surface area contributed by atoms with Gasteiger partial charge in [0.05, 0.1) is 5.39 Å². The van der Waals surface area contributed by atoms with Crippen LogP contribution in [0.25, 0.3) is 22.3 Å². The first-order chi connectivity index (χ1) is 12.3. The third kappa shape index (κ3) is 3.38. The second-order valence-corrected chi connectivity index (χ2v) is 6.20. The number of rotatable bonds is 5. The summed E-state index contributed by atoms with van der Waals surface area (Å²) >= 11 is 0. The number of hydrogen-bond acceptors (Lipinski definition) is 3. The van der Waals surface area contributed by atoms with Crippen molar-refractivity contribution in [2.45, 2.75) is 13.3 Å². The second-order valence-electron chi connectivity index (χ2n) is 6.20. The van der Waals surface area contributed by atoms with E-state index in [4.69, 9.17) is 0 Å². The number of fused-ring (bicyclic) bond motifs is 1. The molecule has 4 nitrogen and oxygen atoms in total. The maximum absolute atomic E-state index is 4.42. The van der Waals surface area contributed by atoms with Crippen molar-refractivity contribution in [1.82, 2.24) is 15.0 Å². The van der Waals surface area contributed by atoms with Gasteiger partial charge in [-0.25, -0.2) is 9.97 Å². The zero-order valence-corrected chi connectivity index (χ0v) is 14.2. The summed E-state index contributed by atoms with van der Waals surface area (Å²) in [6.07, 6.45) is 2.56. The van der Waals surface area contributed by atoms with Crippen LogP contribution in [0.5, 0.6) is 0 Å². The van der Waals surface area contributed by atoms with Crippen LogP contribution in [0.3, 0.4) is 0 Å². The molecule has 4 rings (SSSR count). The van der Waals surface area contributed by atoms with Gasteiger partial charge in [0.25, 0.3) is 0 Å². The molecule has 0 saturated heterocycles. The maximum Gasteiger partial charge on any atom is 0.143 e. The van der Waals surface area contributed by atoms with Gasteiger partial charge in [-0.1, -0.05) is 60.2 Å². The van der Waals surface area contributed by atoms with E-state index in [0.717, 1.165) is 41.1 Å². The standard InChI is InChI=1S/C21H20N4/c1-15-7-9-17(10-8-15)19-13-18-20(23-14-24-21(18)25-19)22-12-11-16-5-3-2-4-6-16/h2-10,13-14H,11-12H2,1H3,(H2,22,23,24,25). The topological polar surface area (TPSA) is 53.6 Å². The van der Waals surface area contributed by atoms with Crippen LogP contribution in [-0.2, 0) is 6.42 Å². The van der Waals surface area contributed by atoms with E-state index in [9.17, 15) is 0 Å². The van der Waals surface area contributed by atoms with Gasteiger partial charge in [0, 0.05) is 12.2 Å². The van der Waals surface area contributed by atoms with E-state index in [1.165, 1.54) is 11.1 Å². The third-order valence-corrected chi connectivity index (χ3v) is 4.34. The Balaban J connectivity index is 1.56. The summed E-state index contributed by atoms with van der Waals surface area (Å²) in [6, 6.07) is 21.0. The van der Waals surface area contributed by atoms with Crippen molar-refractivity contribution in [3.8, 4) is 11.3 Å². The Morgan fingerprint density at radius 3 is 2.56 bits per heavy atom. The molecule has 25 heavy (non-hydrogen) atoms. The van der Waals surface area contributed by atoms with E-state index in [1.54, 1.807) is 6.33 Å². The van der Waals surface area contributed by atoms with Crippen LogP contribution in [0, 0.1) is 6.92 Å². The fraction of sp³-hybridized carbons (Fsp3) is 0.143. The molecule has 0 saturated carbocycles. The summed E-state index contributed by atoms with van der Waals surface area (Å²) in [4.78, 5) is 12.2. The van der Waals surface area contributed by atoms with E-state index >= 15 is 0 Å². The Kier molecular flexibility index (Phi) is 4.17. The van der Waals surface area contributed by atoms with E-state index < -0.39 is 0 Å². The molecule has 0 amide bonds. The smallest absolute Gasteiger partial charge is 0.143 e. The van der Waals surface area contributed by atoms with Crippen LogP contribution in [0.4, 0.5) is 5.82 Å². The number of anilines is 1. The molecule has 4 aromatic rings. The highest BCUT2D eigenvalue weighted by Crippen LogP contribution is 2.26. The van der Waals surface area contributed by atoms with Crippen molar-refractivity contribution >= 4 is 16.9 Å². The third-order valence-electron chi connectivity index (χ3n) is 4.34. The lowest BCUT2D eigenvalue weighted by atomic mass is 10.1. The molecule has 0 fully saturated rings. The minimum absolute atomic E-state index is 0.834. The Hall–Kier alpha value is -3.14. The number of aromatic nitrogens is 3. The molecule has 0 atom stereocenters. The van der Waals surface area contributed by atoms with Gasteiger partial charge in [0.2, 0.25) is 0 Å². The van der Waals surface area contributed by atoms with Crippen LogP contribution < -0.4 is 5.32 Å². The second kappa shape index (κ2) is 6.77. The van der Waals surface area contributed by atoms with Crippen molar-refractivity contribution in [3.63, 3.8) is 0 Å². The molecular weight excluding hydrogens is 308 g/mol. The monoisotopic (exact) mass is 328 g/mol. The molecule has 2 N–H and O–H groups in total. The largest absolute Gasteiger partial charge is 0.369 e. The van der Waals surface area contributed by atoms with Crippen molar-refractivity contribution in [3.05, 3.63) is 78.1 Å². The van der Waals surface area contributed by atoms with Gasteiger partial charge in [-0.15, -0.1) is 0 Å². The van der Waals surface area contributed by atoms with Gasteiger partial charge in [0.15, 0.2) is 0 Å². The number of aryl methyl sites for hydroxylation is 1. The fourth-order valence-corrected chi connectivity index (χ4v) is 2.94. The molecule has 2 aromatic heterocycles. The van der Waals surface area contributed by atoms with E-state index in [-0.39, 0.29) is 0 Å². The molecule has 0 aliphatic carbocycles. The molecule has 124 valence electrons. The molecular formula is C21H20N4. The van der Waals surface area contributed by atoms with Gasteiger partial charge < -0.3 is 10.3 Å². The molecule has 0 unspecified atom stereocenters. The van der Waals surface area contributed by atoms with Gasteiger partial charge in [-0.3, -0.25) is 0 Å². The van der Waals surface area contributed by atoms with Crippen molar-refractivity contribution in [2.75, 3.05) is 11.9 Å². The van der Waals surface area contributed by atoms with Crippen LogP contribution >= 0.6 is 0 Å². The van der Waals surface area contributed by atoms with E-state index in [0.29, 0.717) is 0 Å². The highest BCUT2D eigenvalue weighted by Gasteiger charge is 2.09. The molecule has 0 bridgehead atoms. The number of nitrogens with one attached hydrogen (secondary N) is 2. The fourth-order valence-electron chi connectivity index (χ4n) is 2.94. The predicted molar refractivity (Wildman–Crippen MR) is 103 cm³/mol. The lowest BCUT2D eigenvalue weighted by molar-refractivity contribution is 1.01. The minimum Gasteiger partial charge on any atom is -0.369 e. The molecule has 2 aromatic carbocycles. The summed E-state index contributed by atoms with van der Waals surface area (Å²) in [7, 11) is 0.